The number of hydrogen-bond donors (Lipinski definition) is 2. The van der Waals surface area contributed by atoms with Crippen molar-refractivity contribution in [1.29, 1.82) is 0 Å². The van der Waals surface area contributed by atoms with Crippen LogP contribution in [0.4, 0.5) is 0 Å². The molecule has 1 saturated carbocycles. The summed E-state index contributed by atoms with van der Waals surface area (Å²) >= 11 is 0. The van der Waals surface area contributed by atoms with E-state index >= 15 is 0 Å². The van der Waals surface area contributed by atoms with E-state index in [1.54, 1.807) is 5.57 Å². The van der Waals surface area contributed by atoms with Crippen molar-refractivity contribution in [3.63, 3.8) is 0 Å². The SMILES string of the molecule is CCCC[C@@H]1C2=C3[C@@H](CC[C@@H]3N=C(N)N2)C[C@H]1C. The summed E-state index contributed by atoms with van der Waals surface area (Å²) in [4.78, 5) is 4.59. The van der Waals surface area contributed by atoms with Crippen LogP contribution in [0.2, 0.25) is 0 Å². The van der Waals surface area contributed by atoms with Crippen LogP contribution in [0.1, 0.15) is 52.4 Å². The number of guanidine groups is 1. The summed E-state index contributed by atoms with van der Waals surface area (Å²) in [7, 11) is 0. The molecule has 0 unspecified atom stereocenters. The molecular formula is C15H25N3. The van der Waals surface area contributed by atoms with Gasteiger partial charge >= 0.3 is 0 Å². The van der Waals surface area contributed by atoms with Gasteiger partial charge in [0.15, 0.2) is 5.96 Å². The molecule has 3 N–H and O–H groups in total. The average molecular weight is 247 g/mol. The molecule has 0 bridgehead atoms. The quantitative estimate of drug-likeness (QED) is 0.805. The Morgan fingerprint density at radius 3 is 3.00 bits per heavy atom. The lowest BCUT2D eigenvalue weighted by atomic mass is 9.72. The normalized spacial score (nSPS) is 38.2. The predicted octanol–water partition coefficient (Wildman–Crippen LogP) is 2.78. The standard InChI is InChI=1S/C15H25N3/c1-3-4-5-11-9(2)8-10-6-7-12-13(10)14(11)18-15(16)17-12/h9-12H,3-8H2,1-2H3,(H3,16,17,18)/t9-,10+,11+,12+/m1/s1. The van der Waals surface area contributed by atoms with E-state index in [2.05, 4.69) is 24.2 Å². The van der Waals surface area contributed by atoms with Gasteiger partial charge < -0.3 is 11.1 Å². The Balaban J connectivity index is 1.91. The number of aliphatic imine (C=N–C) groups is 1. The number of nitrogens with zero attached hydrogens (tertiary/aromatic N) is 1. The molecule has 0 aromatic carbocycles. The summed E-state index contributed by atoms with van der Waals surface area (Å²) in [6, 6.07) is 0.405. The minimum absolute atomic E-state index is 0.405. The fraction of sp³-hybridized carbons (Fsp3) is 0.800. The molecule has 100 valence electrons. The van der Waals surface area contributed by atoms with Gasteiger partial charge in [-0.15, -0.1) is 0 Å². The van der Waals surface area contributed by atoms with E-state index in [9.17, 15) is 0 Å². The Morgan fingerprint density at radius 2 is 2.22 bits per heavy atom. The minimum Gasteiger partial charge on any atom is -0.370 e. The molecule has 18 heavy (non-hydrogen) atoms. The molecule has 3 heteroatoms. The van der Waals surface area contributed by atoms with Crippen LogP contribution in [0, 0.1) is 17.8 Å². The zero-order valence-corrected chi connectivity index (χ0v) is 11.6. The van der Waals surface area contributed by atoms with Crippen LogP contribution in [-0.4, -0.2) is 12.0 Å². The smallest absolute Gasteiger partial charge is 0.193 e. The molecule has 1 aliphatic heterocycles. The highest BCUT2D eigenvalue weighted by molar-refractivity contribution is 5.82. The highest BCUT2D eigenvalue weighted by atomic mass is 15.1. The fourth-order valence-corrected chi connectivity index (χ4v) is 4.19. The zero-order chi connectivity index (χ0) is 12.7. The second-order valence-electron chi connectivity index (χ2n) is 6.26. The van der Waals surface area contributed by atoms with Crippen LogP contribution in [0.5, 0.6) is 0 Å². The van der Waals surface area contributed by atoms with Crippen LogP contribution in [0.25, 0.3) is 0 Å². The summed E-state index contributed by atoms with van der Waals surface area (Å²) in [5.74, 6) is 2.90. The number of nitrogens with one attached hydrogen (secondary N) is 1. The summed E-state index contributed by atoms with van der Waals surface area (Å²) in [5, 5.41) is 3.42. The molecule has 3 aliphatic rings. The molecule has 2 aliphatic carbocycles. The maximum atomic E-state index is 5.97. The molecule has 1 fully saturated rings. The van der Waals surface area contributed by atoms with Crippen molar-refractivity contribution in [3.05, 3.63) is 11.3 Å². The van der Waals surface area contributed by atoms with Gasteiger partial charge in [-0.05, 0) is 43.1 Å². The molecule has 4 atom stereocenters. The van der Waals surface area contributed by atoms with Crippen LogP contribution in [0.3, 0.4) is 0 Å². The van der Waals surface area contributed by atoms with Crippen molar-refractivity contribution >= 4 is 5.96 Å². The topological polar surface area (TPSA) is 50.4 Å². The highest BCUT2D eigenvalue weighted by Gasteiger charge is 2.43. The molecule has 0 saturated heterocycles. The number of unbranched alkanes of at least 4 members (excludes halogenated alkanes) is 1. The average Bonchev–Trinajstić information content (AvgIpc) is 2.72. The van der Waals surface area contributed by atoms with E-state index in [1.165, 1.54) is 44.2 Å². The van der Waals surface area contributed by atoms with Crippen LogP contribution >= 0.6 is 0 Å². The van der Waals surface area contributed by atoms with Crippen LogP contribution in [0.15, 0.2) is 16.3 Å². The molecule has 0 radical (unpaired) electrons. The van der Waals surface area contributed by atoms with Crippen LogP contribution in [-0.2, 0) is 0 Å². The van der Waals surface area contributed by atoms with Gasteiger partial charge in [-0.3, -0.25) is 0 Å². The lowest BCUT2D eigenvalue weighted by Crippen LogP contribution is -2.43. The second kappa shape index (κ2) is 4.60. The number of allylic oxidation sites excluding steroid dienone is 1. The lowest BCUT2D eigenvalue weighted by molar-refractivity contribution is 0.281. The molecule has 0 spiro atoms. The molecule has 3 nitrogen and oxygen atoms in total. The van der Waals surface area contributed by atoms with E-state index < -0.39 is 0 Å². The van der Waals surface area contributed by atoms with Gasteiger partial charge in [-0.1, -0.05) is 26.7 Å². The predicted molar refractivity (Wildman–Crippen MR) is 75.1 cm³/mol. The third kappa shape index (κ3) is 1.84. The Morgan fingerprint density at radius 1 is 1.39 bits per heavy atom. The van der Waals surface area contributed by atoms with Crippen molar-refractivity contribution in [2.45, 2.75) is 58.4 Å². The van der Waals surface area contributed by atoms with Gasteiger partial charge in [-0.2, -0.15) is 0 Å². The van der Waals surface area contributed by atoms with Gasteiger partial charge in [0.25, 0.3) is 0 Å². The molecule has 0 aromatic heterocycles. The third-order valence-electron chi connectivity index (χ3n) is 5.04. The first-order valence-corrected chi connectivity index (χ1v) is 7.55. The zero-order valence-electron chi connectivity index (χ0n) is 11.6. The van der Waals surface area contributed by atoms with E-state index in [0.29, 0.717) is 17.9 Å². The Bertz CT molecular complexity index is 397. The Kier molecular flexibility index (Phi) is 3.08. The van der Waals surface area contributed by atoms with Crippen molar-refractivity contribution in [2.24, 2.45) is 28.5 Å². The number of rotatable bonds is 3. The first kappa shape index (κ1) is 12.1. The maximum Gasteiger partial charge on any atom is 0.193 e. The monoisotopic (exact) mass is 247 g/mol. The molecule has 1 heterocycles. The largest absolute Gasteiger partial charge is 0.370 e. The van der Waals surface area contributed by atoms with Crippen molar-refractivity contribution < 1.29 is 0 Å². The van der Waals surface area contributed by atoms with Crippen molar-refractivity contribution in [3.8, 4) is 0 Å². The second-order valence-corrected chi connectivity index (χ2v) is 6.26. The lowest BCUT2D eigenvalue weighted by Gasteiger charge is -2.39. The van der Waals surface area contributed by atoms with E-state index in [0.717, 1.165) is 11.8 Å². The van der Waals surface area contributed by atoms with E-state index in [4.69, 9.17) is 5.73 Å². The van der Waals surface area contributed by atoms with Gasteiger partial charge in [0, 0.05) is 11.6 Å². The van der Waals surface area contributed by atoms with Gasteiger partial charge in [-0.25, -0.2) is 4.99 Å². The highest BCUT2D eigenvalue weighted by Crippen LogP contribution is 2.48. The third-order valence-corrected chi connectivity index (χ3v) is 5.04. The maximum absolute atomic E-state index is 5.97. The molecule has 3 rings (SSSR count). The summed E-state index contributed by atoms with van der Waals surface area (Å²) < 4.78 is 0. The van der Waals surface area contributed by atoms with E-state index in [1.807, 2.05) is 0 Å². The summed E-state index contributed by atoms with van der Waals surface area (Å²) in [6.07, 6.45) is 7.78. The fourth-order valence-electron chi connectivity index (χ4n) is 4.19. The van der Waals surface area contributed by atoms with Crippen molar-refractivity contribution in [1.82, 2.24) is 5.32 Å². The van der Waals surface area contributed by atoms with Gasteiger partial charge in [0.05, 0.1) is 6.04 Å². The number of hydrogen-bond acceptors (Lipinski definition) is 3. The Labute approximate surface area is 110 Å². The Hall–Kier alpha value is -0.990. The van der Waals surface area contributed by atoms with Gasteiger partial charge in [0.2, 0.25) is 0 Å². The number of nitrogens with two attached hydrogens (primary N) is 1. The minimum atomic E-state index is 0.405. The van der Waals surface area contributed by atoms with Crippen LogP contribution < -0.4 is 11.1 Å². The summed E-state index contributed by atoms with van der Waals surface area (Å²) in [6.45, 7) is 4.69. The van der Waals surface area contributed by atoms with Crippen molar-refractivity contribution in [2.75, 3.05) is 0 Å². The summed E-state index contributed by atoms with van der Waals surface area (Å²) in [5.41, 5.74) is 9.04. The first-order valence-electron chi connectivity index (χ1n) is 7.55. The molecule has 0 amide bonds. The first-order chi connectivity index (χ1) is 8.70. The molecule has 0 aromatic rings. The molecular weight excluding hydrogens is 222 g/mol. The van der Waals surface area contributed by atoms with E-state index in [-0.39, 0.29) is 0 Å². The van der Waals surface area contributed by atoms with Gasteiger partial charge in [0.1, 0.15) is 0 Å².